The molecular formula is C12H10ClN3OS2. The minimum Gasteiger partial charge on any atom is -0.396 e. The summed E-state index contributed by atoms with van der Waals surface area (Å²) in [5.74, 6) is -0.194. The minimum atomic E-state index is -0.194. The Morgan fingerprint density at radius 1 is 1.53 bits per heavy atom. The molecule has 0 aromatic carbocycles. The zero-order chi connectivity index (χ0) is 14.0. The van der Waals surface area contributed by atoms with Gasteiger partial charge in [-0.2, -0.15) is 5.26 Å². The van der Waals surface area contributed by atoms with Crippen LogP contribution in [0, 0.1) is 11.3 Å². The number of anilines is 2. The van der Waals surface area contributed by atoms with E-state index in [9.17, 15) is 4.79 Å². The molecule has 0 radical (unpaired) electrons. The van der Waals surface area contributed by atoms with Gasteiger partial charge in [0.1, 0.15) is 21.5 Å². The Morgan fingerprint density at radius 2 is 2.26 bits per heavy atom. The number of nitrogens with two attached hydrogens (primary N) is 1. The molecule has 2 heterocycles. The van der Waals surface area contributed by atoms with E-state index in [1.54, 1.807) is 12.1 Å². The molecule has 0 saturated carbocycles. The molecule has 0 saturated heterocycles. The van der Waals surface area contributed by atoms with Crippen molar-refractivity contribution in [3.63, 3.8) is 0 Å². The van der Waals surface area contributed by atoms with E-state index < -0.39 is 0 Å². The lowest BCUT2D eigenvalue weighted by atomic mass is 10.2. The summed E-state index contributed by atoms with van der Waals surface area (Å²) in [7, 11) is 0. The molecule has 0 unspecified atom stereocenters. The standard InChI is InChI=1S/C12H10ClN3OS2/c1-2-16-12-6(5-14)9(15)11(19-12)10(17)7-3-4-8(13)18-7/h3-4,16H,2,15H2,1H3. The Balaban J connectivity index is 2.46. The van der Waals surface area contributed by atoms with Crippen LogP contribution in [0.2, 0.25) is 4.34 Å². The third kappa shape index (κ3) is 2.59. The lowest BCUT2D eigenvalue weighted by molar-refractivity contribution is 0.104. The maximum absolute atomic E-state index is 12.3. The highest BCUT2D eigenvalue weighted by atomic mass is 35.5. The van der Waals surface area contributed by atoms with Crippen molar-refractivity contribution in [1.82, 2.24) is 0 Å². The number of thiophene rings is 2. The van der Waals surface area contributed by atoms with E-state index in [-0.39, 0.29) is 11.5 Å². The summed E-state index contributed by atoms with van der Waals surface area (Å²) in [5.41, 5.74) is 6.45. The van der Waals surface area contributed by atoms with Crippen molar-refractivity contribution in [2.45, 2.75) is 6.92 Å². The van der Waals surface area contributed by atoms with Gasteiger partial charge in [-0.3, -0.25) is 4.79 Å². The Kier molecular flexibility index (Phi) is 4.10. The maximum Gasteiger partial charge on any atom is 0.215 e. The van der Waals surface area contributed by atoms with Crippen molar-refractivity contribution < 1.29 is 4.79 Å². The molecule has 2 rings (SSSR count). The SMILES string of the molecule is CCNc1sc(C(=O)c2ccc(Cl)s2)c(N)c1C#N. The van der Waals surface area contributed by atoms with Crippen molar-refractivity contribution in [3.05, 3.63) is 31.8 Å². The van der Waals surface area contributed by atoms with Crippen molar-refractivity contribution in [2.75, 3.05) is 17.6 Å². The van der Waals surface area contributed by atoms with Crippen LogP contribution in [0.25, 0.3) is 0 Å². The zero-order valence-corrected chi connectivity index (χ0v) is 12.4. The molecule has 2 aromatic rings. The van der Waals surface area contributed by atoms with E-state index in [4.69, 9.17) is 22.6 Å². The van der Waals surface area contributed by atoms with Gasteiger partial charge in [-0.25, -0.2) is 0 Å². The van der Waals surface area contributed by atoms with Gasteiger partial charge in [0.15, 0.2) is 0 Å². The van der Waals surface area contributed by atoms with Gasteiger partial charge >= 0.3 is 0 Å². The van der Waals surface area contributed by atoms with E-state index in [0.717, 1.165) is 0 Å². The van der Waals surface area contributed by atoms with Crippen LogP contribution in [0.3, 0.4) is 0 Å². The average molecular weight is 312 g/mol. The highest BCUT2D eigenvalue weighted by Gasteiger charge is 2.22. The number of hydrogen-bond donors (Lipinski definition) is 2. The van der Waals surface area contributed by atoms with Crippen LogP contribution >= 0.6 is 34.3 Å². The van der Waals surface area contributed by atoms with E-state index in [1.807, 2.05) is 13.0 Å². The monoisotopic (exact) mass is 311 g/mol. The number of halogens is 1. The molecule has 0 aliphatic heterocycles. The predicted octanol–water partition coefficient (Wildman–Crippen LogP) is 3.58. The van der Waals surface area contributed by atoms with Crippen LogP contribution in [-0.4, -0.2) is 12.3 Å². The van der Waals surface area contributed by atoms with Gasteiger partial charge in [0, 0.05) is 6.54 Å². The quantitative estimate of drug-likeness (QED) is 0.846. The number of nitrogens with one attached hydrogen (secondary N) is 1. The number of nitrogen functional groups attached to an aromatic ring is 1. The predicted molar refractivity (Wildman–Crippen MR) is 80.4 cm³/mol. The number of ketones is 1. The van der Waals surface area contributed by atoms with Gasteiger partial charge in [-0.05, 0) is 19.1 Å². The second kappa shape index (κ2) is 5.61. The Morgan fingerprint density at radius 3 is 2.79 bits per heavy atom. The number of carbonyl (C=O) groups is 1. The molecule has 0 atom stereocenters. The molecule has 3 N–H and O–H groups in total. The van der Waals surface area contributed by atoms with Gasteiger partial charge < -0.3 is 11.1 Å². The smallest absolute Gasteiger partial charge is 0.215 e. The van der Waals surface area contributed by atoms with Gasteiger partial charge in [-0.15, -0.1) is 22.7 Å². The first-order chi connectivity index (χ1) is 9.08. The molecule has 0 amide bonds. The minimum absolute atomic E-state index is 0.194. The molecule has 0 bridgehead atoms. The largest absolute Gasteiger partial charge is 0.396 e. The van der Waals surface area contributed by atoms with E-state index in [1.165, 1.54) is 22.7 Å². The number of nitriles is 1. The third-order valence-corrected chi connectivity index (χ3v) is 4.79. The van der Waals surface area contributed by atoms with E-state index >= 15 is 0 Å². The maximum atomic E-state index is 12.3. The second-order valence-corrected chi connectivity index (χ2v) is 6.36. The first-order valence-corrected chi connectivity index (χ1v) is 7.45. The summed E-state index contributed by atoms with van der Waals surface area (Å²) < 4.78 is 0.547. The number of nitrogens with zero attached hydrogens (tertiary/aromatic N) is 1. The van der Waals surface area contributed by atoms with Crippen molar-refractivity contribution in [2.24, 2.45) is 0 Å². The Bertz CT molecular complexity index is 669. The summed E-state index contributed by atoms with van der Waals surface area (Å²) in [4.78, 5) is 13.2. The van der Waals surface area contributed by atoms with Crippen molar-refractivity contribution in [1.29, 1.82) is 5.26 Å². The molecule has 0 aliphatic rings. The van der Waals surface area contributed by atoms with Crippen LogP contribution in [-0.2, 0) is 0 Å². The fraction of sp³-hybridized carbons (Fsp3) is 0.167. The zero-order valence-electron chi connectivity index (χ0n) is 9.99. The molecule has 0 aliphatic carbocycles. The third-order valence-electron chi connectivity index (χ3n) is 2.40. The summed E-state index contributed by atoms with van der Waals surface area (Å²) in [6.45, 7) is 2.57. The highest BCUT2D eigenvalue weighted by Crippen LogP contribution is 2.37. The molecular weight excluding hydrogens is 302 g/mol. The van der Waals surface area contributed by atoms with Gasteiger partial charge in [0.2, 0.25) is 5.78 Å². The second-order valence-electron chi connectivity index (χ2n) is 3.62. The molecule has 2 aromatic heterocycles. The lowest BCUT2D eigenvalue weighted by Gasteiger charge is -1.97. The van der Waals surface area contributed by atoms with E-state index in [2.05, 4.69) is 5.32 Å². The summed E-state index contributed by atoms with van der Waals surface area (Å²) >= 11 is 8.22. The topological polar surface area (TPSA) is 78.9 Å². The molecule has 0 spiro atoms. The van der Waals surface area contributed by atoms with Gasteiger partial charge in [-0.1, -0.05) is 11.6 Å². The number of carbonyl (C=O) groups excluding carboxylic acids is 1. The van der Waals surface area contributed by atoms with Crippen LogP contribution in [0.1, 0.15) is 27.0 Å². The van der Waals surface area contributed by atoms with Crippen molar-refractivity contribution >= 4 is 50.7 Å². The summed E-state index contributed by atoms with van der Waals surface area (Å²) in [5, 5.41) is 12.8. The number of hydrogen-bond acceptors (Lipinski definition) is 6. The fourth-order valence-electron chi connectivity index (χ4n) is 1.56. The normalized spacial score (nSPS) is 10.2. The Labute approximate surface area is 123 Å². The molecule has 98 valence electrons. The van der Waals surface area contributed by atoms with Crippen LogP contribution in [0.15, 0.2) is 12.1 Å². The average Bonchev–Trinajstić information content (AvgIpc) is 2.94. The van der Waals surface area contributed by atoms with Crippen LogP contribution in [0.5, 0.6) is 0 Å². The number of rotatable bonds is 4. The summed E-state index contributed by atoms with van der Waals surface area (Å²) in [6, 6.07) is 5.36. The Hall–Kier alpha value is -1.55. The molecule has 0 fully saturated rings. The van der Waals surface area contributed by atoms with Gasteiger partial charge in [0.05, 0.1) is 14.9 Å². The molecule has 7 heteroatoms. The van der Waals surface area contributed by atoms with Gasteiger partial charge in [0.25, 0.3) is 0 Å². The first-order valence-electron chi connectivity index (χ1n) is 5.44. The highest BCUT2D eigenvalue weighted by molar-refractivity contribution is 7.21. The molecule has 19 heavy (non-hydrogen) atoms. The van der Waals surface area contributed by atoms with Crippen molar-refractivity contribution in [3.8, 4) is 6.07 Å². The van der Waals surface area contributed by atoms with Crippen LogP contribution < -0.4 is 11.1 Å². The fourth-order valence-corrected chi connectivity index (χ4v) is 3.70. The summed E-state index contributed by atoms with van der Waals surface area (Å²) in [6.07, 6.45) is 0. The van der Waals surface area contributed by atoms with Crippen LogP contribution in [0.4, 0.5) is 10.7 Å². The van der Waals surface area contributed by atoms with E-state index in [0.29, 0.717) is 31.2 Å². The first kappa shape index (κ1) is 13.9. The molecule has 4 nitrogen and oxygen atoms in total. The lowest BCUT2D eigenvalue weighted by Crippen LogP contribution is -2.00.